The van der Waals surface area contributed by atoms with Gasteiger partial charge in [-0.3, -0.25) is 10.1 Å². The first-order valence-electron chi connectivity index (χ1n) is 7.73. The zero-order chi connectivity index (χ0) is 19.2. The van der Waals surface area contributed by atoms with E-state index in [0.29, 0.717) is 28.4 Å². The van der Waals surface area contributed by atoms with Gasteiger partial charge in [0.15, 0.2) is 0 Å². The molecular formula is C20H11N3O4. The van der Waals surface area contributed by atoms with Gasteiger partial charge in [-0.1, -0.05) is 12.1 Å². The molecule has 0 N–H and O–H groups in total. The minimum atomic E-state index is -0.566. The SMILES string of the molecule is N#Cc1cccc(Oc2ccc([N+](=O)[O-])c(Oc3cccc(C#N)c3)c2)c1. The van der Waals surface area contributed by atoms with E-state index in [9.17, 15) is 10.1 Å². The van der Waals surface area contributed by atoms with Crippen LogP contribution in [-0.4, -0.2) is 4.92 Å². The lowest BCUT2D eigenvalue weighted by Crippen LogP contribution is -1.95. The number of hydrogen-bond donors (Lipinski definition) is 0. The van der Waals surface area contributed by atoms with Gasteiger partial charge in [-0.15, -0.1) is 0 Å². The van der Waals surface area contributed by atoms with Crippen molar-refractivity contribution in [1.82, 2.24) is 0 Å². The first-order valence-corrected chi connectivity index (χ1v) is 7.73. The van der Waals surface area contributed by atoms with Gasteiger partial charge in [-0.05, 0) is 42.5 Å². The maximum absolute atomic E-state index is 11.3. The molecule has 0 atom stereocenters. The Labute approximate surface area is 154 Å². The summed E-state index contributed by atoms with van der Waals surface area (Å²) in [6.45, 7) is 0. The molecule has 3 aromatic rings. The Bertz CT molecular complexity index is 1100. The number of ether oxygens (including phenoxy) is 2. The third kappa shape index (κ3) is 4.19. The first-order chi connectivity index (χ1) is 13.1. The standard InChI is InChI=1S/C20H11N3O4/c21-12-14-3-1-5-16(9-14)26-18-7-8-19(23(24)25)20(11-18)27-17-6-2-4-15(10-17)13-22/h1-11H. The lowest BCUT2D eigenvalue weighted by molar-refractivity contribution is -0.385. The molecule has 130 valence electrons. The minimum absolute atomic E-state index is 0.0240. The maximum Gasteiger partial charge on any atom is 0.311 e. The highest BCUT2D eigenvalue weighted by Crippen LogP contribution is 2.36. The quantitative estimate of drug-likeness (QED) is 0.473. The van der Waals surface area contributed by atoms with Crippen molar-refractivity contribution >= 4 is 5.69 Å². The van der Waals surface area contributed by atoms with E-state index in [1.807, 2.05) is 12.1 Å². The van der Waals surface area contributed by atoms with Crippen molar-refractivity contribution in [2.24, 2.45) is 0 Å². The summed E-state index contributed by atoms with van der Waals surface area (Å²) in [6.07, 6.45) is 0. The first kappa shape index (κ1) is 17.5. The summed E-state index contributed by atoms with van der Waals surface area (Å²) >= 11 is 0. The molecular weight excluding hydrogens is 346 g/mol. The van der Waals surface area contributed by atoms with Crippen LogP contribution in [0.4, 0.5) is 5.69 Å². The molecule has 0 saturated heterocycles. The van der Waals surface area contributed by atoms with Gasteiger partial charge in [-0.2, -0.15) is 10.5 Å². The number of hydrogen-bond acceptors (Lipinski definition) is 6. The fourth-order valence-electron chi connectivity index (χ4n) is 2.31. The highest BCUT2D eigenvalue weighted by molar-refractivity contribution is 5.53. The molecule has 0 unspecified atom stereocenters. The number of nitriles is 2. The van der Waals surface area contributed by atoms with E-state index in [4.69, 9.17) is 20.0 Å². The summed E-state index contributed by atoms with van der Waals surface area (Å²) in [5, 5.41) is 29.2. The number of rotatable bonds is 5. The predicted octanol–water partition coefficient (Wildman–Crippen LogP) is 4.92. The van der Waals surface area contributed by atoms with Crippen LogP contribution in [0.3, 0.4) is 0 Å². The topological polar surface area (TPSA) is 109 Å². The summed E-state index contributed by atoms with van der Waals surface area (Å²) in [5.41, 5.74) is 0.561. The van der Waals surface area contributed by atoms with Crippen molar-refractivity contribution in [3.8, 4) is 35.1 Å². The molecule has 0 amide bonds. The summed E-state index contributed by atoms with van der Waals surface area (Å²) in [5.74, 6) is 0.993. The van der Waals surface area contributed by atoms with E-state index in [-0.39, 0.29) is 11.4 Å². The normalized spacial score (nSPS) is 9.70. The molecule has 0 aliphatic heterocycles. The van der Waals surface area contributed by atoms with Crippen molar-refractivity contribution in [1.29, 1.82) is 10.5 Å². The Morgan fingerprint density at radius 1 is 0.778 bits per heavy atom. The number of nitro groups is 1. The van der Waals surface area contributed by atoms with Gasteiger partial charge in [0.1, 0.15) is 17.2 Å². The van der Waals surface area contributed by atoms with Gasteiger partial charge in [0.2, 0.25) is 5.75 Å². The molecule has 0 fully saturated rings. The van der Waals surface area contributed by atoms with E-state index in [1.54, 1.807) is 42.5 Å². The van der Waals surface area contributed by atoms with Gasteiger partial charge in [-0.25, -0.2) is 0 Å². The van der Waals surface area contributed by atoms with Crippen LogP contribution in [0, 0.1) is 32.8 Å². The maximum atomic E-state index is 11.3. The average molecular weight is 357 g/mol. The van der Waals surface area contributed by atoms with Crippen LogP contribution in [0.1, 0.15) is 11.1 Å². The number of nitro benzene ring substituents is 1. The Morgan fingerprint density at radius 3 is 1.89 bits per heavy atom. The van der Waals surface area contributed by atoms with Crippen LogP contribution in [0.25, 0.3) is 0 Å². The van der Waals surface area contributed by atoms with E-state index < -0.39 is 4.92 Å². The molecule has 0 aliphatic rings. The summed E-state index contributed by atoms with van der Waals surface area (Å²) < 4.78 is 11.3. The predicted molar refractivity (Wildman–Crippen MR) is 95.6 cm³/mol. The van der Waals surface area contributed by atoms with Crippen LogP contribution < -0.4 is 9.47 Å². The molecule has 3 aromatic carbocycles. The molecule has 0 aromatic heterocycles. The molecule has 7 nitrogen and oxygen atoms in total. The Balaban J connectivity index is 1.94. The van der Waals surface area contributed by atoms with Gasteiger partial charge in [0, 0.05) is 12.1 Å². The molecule has 0 heterocycles. The monoisotopic (exact) mass is 357 g/mol. The second-order valence-corrected chi connectivity index (χ2v) is 5.37. The summed E-state index contributed by atoms with van der Waals surface area (Å²) in [4.78, 5) is 10.7. The third-order valence-electron chi connectivity index (χ3n) is 3.52. The molecule has 0 spiro atoms. The molecule has 27 heavy (non-hydrogen) atoms. The highest BCUT2D eigenvalue weighted by atomic mass is 16.6. The Morgan fingerprint density at radius 2 is 1.33 bits per heavy atom. The van der Waals surface area contributed by atoms with Crippen LogP contribution >= 0.6 is 0 Å². The lowest BCUT2D eigenvalue weighted by Gasteiger charge is -2.10. The highest BCUT2D eigenvalue weighted by Gasteiger charge is 2.17. The van der Waals surface area contributed by atoms with Crippen LogP contribution in [-0.2, 0) is 0 Å². The lowest BCUT2D eigenvalue weighted by atomic mass is 10.2. The Hall–Kier alpha value is -4.36. The second kappa shape index (κ2) is 7.68. The summed E-state index contributed by atoms with van der Waals surface area (Å²) in [6, 6.07) is 20.9. The van der Waals surface area contributed by atoms with Crippen LogP contribution in [0.5, 0.6) is 23.0 Å². The molecule has 7 heteroatoms. The minimum Gasteiger partial charge on any atom is -0.457 e. The number of benzene rings is 3. The van der Waals surface area contributed by atoms with Crippen molar-refractivity contribution in [3.05, 3.63) is 88.0 Å². The van der Waals surface area contributed by atoms with Gasteiger partial charge >= 0.3 is 5.69 Å². The Kier molecular flexibility index (Phi) is 4.97. The van der Waals surface area contributed by atoms with Crippen LogP contribution in [0.15, 0.2) is 66.7 Å². The van der Waals surface area contributed by atoms with Crippen molar-refractivity contribution in [3.63, 3.8) is 0 Å². The second-order valence-electron chi connectivity index (χ2n) is 5.37. The van der Waals surface area contributed by atoms with Crippen molar-refractivity contribution < 1.29 is 14.4 Å². The fraction of sp³-hybridized carbons (Fsp3) is 0. The fourth-order valence-corrected chi connectivity index (χ4v) is 2.31. The molecule has 0 radical (unpaired) electrons. The van der Waals surface area contributed by atoms with Gasteiger partial charge in [0.25, 0.3) is 0 Å². The third-order valence-corrected chi connectivity index (χ3v) is 3.52. The van der Waals surface area contributed by atoms with E-state index >= 15 is 0 Å². The van der Waals surface area contributed by atoms with Gasteiger partial charge in [0.05, 0.1) is 28.2 Å². The smallest absolute Gasteiger partial charge is 0.311 e. The molecule has 0 bridgehead atoms. The van der Waals surface area contributed by atoms with Crippen molar-refractivity contribution in [2.45, 2.75) is 0 Å². The largest absolute Gasteiger partial charge is 0.457 e. The molecule has 0 aliphatic carbocycles. The zero-order valence-electron chi connectivity index (χ0n) is 13.8. The van der Waals surface area contributed by atoms with E-state index in [2.05, 4.69) is 0 Å². The van der Waals surface area contributed by atoms with E-state index in [1.165, 1.54) is 24.3 Å². The molecule has 0 saturated carbocycles. The van der Waals surface area contributed by atoms with Gasteiger partial charge < -0.3 is 9.47 Å². The number of nitrogens with zero attached hydrogens (tertiary/aromatic N) is 3. The van der Waals surface area contributed by atoms with E-state index in [0.717, 1.165) is 0 Å². The molecule has 3 rings (SSSR count). The zero-order valence-corrected chi connectivity index (χ0v) is 13.8. The van der Waals surface area contributed by atoms with Crippen molar-refractivity contribution in [2.75, 3.05) is 0 Å². The van der Waals surface area contributed by atoms with Crippen LogP contribution in [0.2, 0.25) is 0 Å². The average Bonchev–Trinajstić information content (AvgIpc) is 2.68. The summed E-state index contributed by atoms with van der Waals surface area (Å²) in [7, 11) is 0.